The molecule has 5 rings (SSSR count). The molecule has 8 heteroatoms. The van der Waals surface area contributed by atoms with Crippen molar-refractivity contribution in [1.29, 1.82) is 0 Å². The highest BCUT2D eigenvalue weighted by molar-refractivity contribution is 6.10. The monoisotopic (exact) mass is 402 g/mol. The van der Waals surface area contributed by atoms with E-state index in [0.29, 0.717) is 5.95 Å². The van der Waals surface area contributed by atoms with E-state index in [4.69, 9.17) is 15.0 Å². The second kappa shape index (κ2) is 7.19. The standard InChI is InChI=1S/C22H26N8/c1-5-17-20-27-24-13-29(20)18-15(4)25-22(26-21(18)30(17)14(2)3)28-12-11-23-19(28)16-9-7-6-8-10-16/h6-10,13-14,17H,5,11-12H2,1-4H3/t17-/m1/s1. The number of anilines is 2. The molecule has 0 saturated carbocycles. The van der Waals surface area contributed by atoms with Crippen LogP contribution in [-0.2, 0) is 0 Å². The number of aryl methyl sites for hydroxylation is 1. The Morgan fingerprint density at radius 2 is 1.93 bits per heavy atom. The van der Waals surface area contributed by atoms with E-state index in [1.165, 1.54) is 0 Å². The lowest BCUT2D eigenvalue weighted by atomic mass is 10.1. The zero-order valence-corrected chi connectivity index (χ0v) is 17.8. The molecule has 0 saturated heterocycles. The van der Waals surface area contributed by atoms with E-state index in [1.54, 1.807) is 6.33 Å². The van der Waals surface area contributed by atoms with Gasteiger partial charge in [-0.3, -0.25) is 14.5 Å². The number of nitrogens with zero attached hydrogens (tertiary/aromatic N) is 8. The Balaban J connectivity index is 1.66. The minimum atomic E-state index is 0.128. The van der Waals surface area contributed by atoms with Crippen molar-refractivity contribution in [3.05, 3.63) is 53.7 Å². The van der Waals surface area contributed by atoms with Gasteiger partial charge in [0.15, 0.2) is 11.6 Å². The number of benzene rings is 1. The van der Waals surface area contributed by atoms with Crippen LogP contribution in [0.4, 0.5) is 11.8 Å². The smallest absolute Gasteiger partial charge is 0.233 e. The molecule has 3 aromatic rings. The van der Waals surface area contributed by atoms with Gasteiger partial charge >= 0.3 is 0 Å². The number of hydrogen-bond acceptors (Lipinski definition) is 7. The summed E-state index contributed by atoms with van der Waals surface area (Å²) >= 11 is 0. The third-order valence-electron chi connectivity index (χ3n) is 5.78. The van der Waals surface area contributed by atoms with Gasteiger partial charge in [0.1, 0.15) is 17.9 Å². The van der Waals surface area contributed by atoms with E-state index < -0.39 is 0 Å². The molecule has 30 heavy (non-hydrogen) atoms. The van der Waals surface area contributed by atoms with Gasteiger partial charge in [-0.25, -0.2) is 4.98 Å². The maximum Gasteiger partial charge on any atom is 0.233 e. The van der Waals surface area contributed by atoms with E-state index in [0.717, 1.165) is 53.9 Å². The highest BCUT2D eigenvalue weighted by Crippen LogP contribution is 2.41. The summed E-state index contributed by atoms with van der Waals surface area (Å²) in [6.45, 7) is 10.1. The lowest BCUT2D eigenvalue weighted by Crippen LogP contribution is -2.41. The normalized spacial score (nSPS) is 17.9. The summed E-state index contributed by atoms with van der Waals surface area (Å²) in [5, 5.41) is 8.61. The summed E-state index contributed by atoms with van der Waals surface area (Å²) in [4.78, 5) is 19.2. The molecule has 1 atom stereocenters. The van der Waals surface area contributed by atoms with Crippen LogP contribution in [0.15, 0.2) is 41.7 Å². The van der Waals surface area contributed by atoms with Gasteiger partial charge in [-0.1, -0.05) is 37.3 Å². The maximum absolute atomic E-state index is 5.09. The van der Waals surface area contributed by atoms with Crippen LogP contribution in [0.1, 0.15) is 50.3 Å². The molecule has 0 amide bonds. The molecule has 8 nitrogen and oxygen atoms in total. The molecule has 2 aromatic heterocycles. The molecule has 0 bridgehead atoms. The van der Waals surface area contributed by atoms with Crippen molar-refractivity contribution in [3.63, 3.8) is 0 Å². The summed E-state index contributed by atoms with van der Waals surface area (Å²) in [6.07, 6.45) is 2.70. The number of fused-ring (bicyclic) bond motifs is 3. The number of aliphatic imine (C=N–C) groups is 1. The Labute approximate surface area is 176 Å². The van der Waals surface area contributed by atoms with E-state index in [1.807, 2.05) is 25.1 Å². The van der Waals surface area contributed by atoms with Crippen LogP contribution in [0.5, 0.6) is 0 Å². The molecular weight excluding hydrogens is 376 g/mol. The van der Waals surface area contributed by atoms with Crippen molar-refractivity contribution in [2.24, 2.45) is 4.99 Å². The van der Waals surface area contributed by atoms with Crippen LogP contribution in [0.25, 0.3) is 5.69 Å². The zero-order valence-electron chi connectivity index (χ0n) is 17.8. The van der Waals surface area contributed by atoms with Gasteiger partial charge in [-0.2, -0.15) is 4.98 Å². The van der Waals surface area contributed by atoms with Gasteiger partial charge in [0.25, 0.3) is 0 Å². The van der Waals surface area contributed by atoms with Crippen molar-refractivity contribution in [3.8, 4) is 5.69 Å². The lowest BCUT2D eigenvalue weighted by molar-refractivity contribution is 0.496. The average molecular weight is 403 g/mol. The number of hydrogen-bond donors (Lipinski definition) is 0. The first-order chi connectivity index (χ1) is 14.6. The van der Waals surface area contributed by atoms with Crippen LogP contribution >= 0.6 is 0 Å². The van der Waals surface area contributed by atoms with Gasteiger partial charge < -0.3 is 4.90 Å². The second-order valence-corrected chi connectivity index (χ2v) is 7.99. The first-order valence-corrected chi connectivity index (χ1v) is 10.5. The fourth-order valence-electron chi connectivity index (χ4n) is 4.50. The van der Waals surface area contributed by atoms with Crippen LogP contribution in [0.2, 0.25) is 0 Å². The van der Waals surface area contributed by atoms with E-state index >= 15 is 0 Å². The van der Waals surface area contributed by atoms with Crippen molar-refractivity contribution in [1.82, 2.24) is 24.7 Å². The molecule has 1 aromatic carbocycles. The average Bonchev–Trinajstić information content (AvgIpc) is 3.42. The molecular formula is C22H26N8. The summed E-state index contributed by atoms with van der Waals surface area (Å²) in [5.74, 6) is 3.51. The number of amidine groups is 1. The maximum atomic E-state index is 5.09. The summed E-state index contributed by atoms with van der Waals surface area (Å²) < 4.78 is 2.05. The third-order valence-corrected chi connectivity index (χ3v) is 5.78. The third kappa shape index (κ3) is 2.78. The molecule has 4 heterocycles. The van der Waals surface area contributed by atoms with Gasteiger partial charge in [-0.05, 0) is 27.2 Å². The summed E-state index contributed by atoms with van der Waals surface area (Å²) in [7, 11) is 0. The van der Waals surface area contributed by atoms with Crippen LogP contribution in [-0.4, -0.2) is 49.7 Å². The Bertz CT molecular complexity index is 1100. The Morgan fingerprint density at radius 3 is 2.67 bits per heavy atom. The highest BCUT2D eigenvalue weighted by atomic mass is 15.4. The van der Waals surface area contributed by atoms with Crippen LogP contribution in [0.3, 0.4) is 0 Å². The molecule has 0 unspecified atom stereocenters. The fraction of sp³-hybridized carbons (Fsp3) is 0.409. The minimum absolute atomic E-state index is 0.128. The van der Waals surface area contributed by atoms with Crippen molar-refractivity contribution >= 4 is 17.6 Å². The van der Waals surface area contributed by atoms with Crippen molar-refractivity contribution < 1.29 is 0 Å². The second-order valence-electron chi connectivity index (χ2n) is 7.99. The first kappa shape index (κ1) is 18.7. The molecule has 0 N–H and O–H groups in total. The van der Waals surface area contributed by atoms with Gasteiger partial charge in [0.05, 0.1) is 18.3 Å². The van der Waals surface area contributed by atoms with Crippen LogP contribution in [0, 0.1) is 6.92 Å². The molecule has 0 fully saturated rings. The van der Waals surface area contributed by atoms with E-state index in [2.05, 4.69) is 57.5 Å². The van der Waals surface area contributed by atoms with Gasteiger partial charge in [0.2, 0.25) is 5.95 Å². The van der Waals surface area contributed by atoms with Gasteiger partial charge in [0, 0.05) is 18.2 Å². The predicted octanol–water partition coefficient (Wildman–Crippen LogP) is 3.31. The Morgan fingerprint density at radius 1 is 1.13 bits per heavy atom. The summed E-state index contributed by atoms with van der Waals surface area (Å²) in [5.41, 5.74) is 2.97. The topological polar surface area (TPSA) is 75.3 Å². The SMILES string of the molecule is CC[C@@H]1c2nncn2-c2c(C)nc(N3CCN=C3c3ccccc3)nc2N1C(C)C. The number of rotatable bonds is 4. The lowest BCUT2D eigenvalue weighted by Gasteiger charge is -2.40. The molecule has 0 aliphatic carbocycles. The molecule has 2 aliphatic rings. The Hall–Kier alpha value is -3.29. The fourth-order valence-corrected chi connectivity index (χ4v) is 4.50. The van der Waals surface area contributed by atoms with Crippen LogP contribution < -0.4 is 9.80 Å². The highest BCUT2D eigenvalue weighted by Gasteiger charge is 2.37. The predicted molar refractivity (Wildman–Crippen MR) is 118 cm³/mol. The van der Waals surface area contributed by atoms with Crippen molar-refractivity contribution in [2.45, 2.75) is 46.2 Å². The summed E-state index contributed by atoms with van der Waals surface area (Å²) in [6, 6.07) is 10.6. The van der Waals surface area contributed by atoms with Gasteiger partial charge in [-0.15, -0.1) is 10.2 Å². The van der Waals surface area contributed by atoms with E-state index in [9.17, 15) is 0 Å². The van der Waals surface area contributed by atoms with Crippen molar-refractivity contribution in [2.75, 3.05) is 22.9 Å². The first-order valence-electron chi connectivity index (χ1n) is 10.5. The minimum Gasteiger partial charge on any atom is -0.342 e. The zero-order chi connectivity index (χ0) is 20.8. The molecule has 0 radical (unpaired) electrons. The quantitative estimate of drug-likeness (QED) is 0.666. The Kier molecular flexibility index (Phi) is 4.49. The van der Waals surface area contributed by atoms with E-state index in [-0.39, 0.29) is 12.1 Å². The molecule has 154 valence electrons. The molecule has 2 aliphatic heterocycles. The number of aromatic nitrogens is 5. The molecule has 0 spiro atoms. The largest absolute Gasteiger partial charge is 0.342 e.